The predicted molar refractivity (Wildman–Crippen MR) is 103 cm³/mol. The van der Waals surface area contributed by atoms with Gasteiger partial charge in [0.2, 0.25) is 10.0 Å². The van der Waals surface area contributed by atoms with E-state index in [1.807, 2.05) is 31.2 Å². The lowest BCUT2D eigenvalue weighted by Gasteiger charge is -2.33. The first-order chi connectivity index (χ1) is 12.4. The van der Waals surface area contributed by atoms with Crippen LogP contribution in [0.3, 0.4) is 0 Å². The summed E-state index contributed by atoms with van der Waals surface area (Å²) in [5, 5.41) is 0.429. The van der Waals surface area contributed by atoms with Crippen molar-refractivity contribution in [1.29, 1.82) is 0 Å². The molecule has 0 radical (unpaired) electrons. The summed E-state index contributed by atoms with van der Waals surface area (Å²) < 4.78 is 32.7. The molecule has 1 heterocycles. The fraction of sp³-hybridized carbons (Fsp3) is 0.368. The summed E-state index contributed by atoms with van der Waals surface area (Å²) in [7, 11) is -3.48. The van der Waals surface area contributed by atoms with Crippen molar-refractivity contribution in [3.63, 3.8) is 0 Å². The minimum Gasteiger partial charge on any atom is -0.492 e. The lowest BCUT2D eigenvalue weighted by molar-refractivity contribution is 0.159. The third-order valence-electron chi connectivity index (χ3n) is 4.46. The van der Waals surface area contributed by atoms with Crippen LogP contribution < -0.4 is 4.74 Å². The largest absolute Gasteiger partial charge is 0.492 e. The van der Waals surface area contributed by atoms with Crippen LogP contribution in [0.5, 0.6) is 5.75 Å². The van der Waals surface area contributed by atoms with Gasteiger partial charge in [0, 0.05) is 37.7 Å². The summed E-state index contributed by atoms with van der Waals surface area (Å²) >= 11 is 5.92. The molecule has 1 aliphatic heterocycles. The van der Waals surface area contributed by atoms with Crippen LogP contribution in [0, 0.1) is 6.92 Å². The van der Waals surface area contributed by atoms with Crippen molar-refractivity contribution in [2.24, 2.45) is 0 Å². The van der Waals surface area contributed by atoms with Gasteiger partial charge in [-0.2, -0.15) is 4.31 Å². The molecule has 26 heavy (non-hydrogen) atoms. The summed E-state index contributed by atoms with van der Waals surface area (Å²) in [5.74, 6) is 0.859. The lowest BCUT2D eigenvalue weighted by atomic mass is 10.2. The molecule has 0 saturated carbocycles. The van der Waals surface area contributed by atoms with E-state index in [1.54, 1.807) is 18.2 Å². The van der Waals surface area contributed by atoms with Crippen molar-refractivity contribution in [2.75, 3.05) is 39.3 Å². The molecule has 1 aliphatic rings. The van der Waals surface area contributed by atoms with E-state index in [4.69, 9.17) is 16.3 Å². The Hall–Kier alpha value is -1.60. The minimum absolute atomic E-state index is 0.251. The van der Waals surface area contributed by atoms with Gasteiger partial charge >= 0.3 is 0 Å². The highest BCUT2D eigenvalue weighted by atomic mass is 35.5. The van der Waals surface area contributed by atoms with Gasteiger partial charge in [-0.3, -0.25) is 4.90 Å². The number of aryl methyl sites for hydroxylation is 1. The molecule has 1 saturated heterocycles. The summed E-state index contributed by atoms with van der Waals surface area (Å²) in [6.45, 7) is 5.73. The molecule has 0 atom stereocenters. The van der Waals surface area contributed by atoms with Gasteiger partial charge in [-0.15, -0.1) is 0 Å². The number of hydrogen-bond acceptors (Lipinski definition) is 4. The topological polar surface area (TPSA) is 49.9 Å². The van der Waals surface area contributed by atoms with Gasteiger partial charge in [-0.1, -0.05) is 35.4 Å². The maximum atomic E-state index is 12.7. The summed E-state index contributed by atoms with van der Waals surface area (Å²) in [6, 6.07) is 14.4. The van der Waals surface area contributed by atoms with Crippen LogP contribution in [0.25, 0.3) is 0 Å². The number of benzene rings is 2. The number of piperazine rings is 1. The van der Waals surface area contributed by atoms with Crippen molar-refractivity contribution >= 4 is 21.6 Å². The van der Waals surface area contributed by atoms with E-state index in [0.717, 1.165) is 12.3 Å². The Bertz CT molecular complexity index is 832. The molecule has 0 amide bonds. The maximum absolute atomic E-state index is 12.7. The molecule has 3 rings (SSSR count). The van der Waals surface area contributed by atoms with Crippen molar-refractivity contribution in [3.8, 4) is 5.75 Å². The van der Waals surface area contributed by atoms with Gasteiger partial charge in [0.1, 0.15) is 12.4 Å². The third-order valence-corrected chi connectivity index (χ3v) is 6.59. The van der Waals surface area contributed by atoms with Crippen LogP contribution in [0.2, 0.25) is 5.02 Å². The highest BCUT2D eigenvalue weighted by Crippen LogP contribution is 2.21. The second-order valence-electron chi connectivity index (χ2n) is 6.36. The van der Waals surface area contributed by atoms with E-state index in [1.165, 1.54) is 15.9 Å². The molecular weight excluding hydrogens is 372 g/mol. The van der Waals surface area contributed by atoms with Crippen molar-refractivity contribution in [2.45, 2.75) is 11.8 Å². The molecule has 2 aromatic rings. The van der Waals surface area contributed by atoms with E-state index in [-0.39, 0.29) is 4.90 Å². The van der Waals surface area contributed by atoms with Gasteiger partial charge in [0.15, 0.2) is 0 Å². The van der Waals surface area contributed by atoms with Crippen molar-refractivity contribution < 1.29 is 13.2 Å². The fourth-order valence-electron chi connectivity index (χ4n) is 2.90. The van der Waals surface area contributed by atoms with Gasteiger partial charge in [-0.05, 0) is 37.3 Å². The van der Waals surface area contributed by atoms with Crippen LogP contribution in [0.4, 0.5) is 0 Å². The Morgan fingerprint density at radius 2 is 1.73 bits per heavy atom. The van der Waals surface area contributed by atoms with Gasteiger partial charge in [0.25, 0.3) is 0 Å². The van der Waals surface area contributed by atoms with Crippen LogP contribution in [0.15, 0.2) is 53.4 Å². The average Bonchev–Trinajstić information content (AvgIpc) is 2.64. The van der Waals surface area contributed by atoms with E-state index in [9.17, 15) is 8.42 Å². The summed E-state index contributed by atoms with van der Waals surface area (Å²) in [5.41, 5.74) is 1.20. The standard InChI is InChI=1S/C19H23ClN2O3S/c1-16-5-7-18(8-6-16)25-14-13-21-9-11-22(12-10-21)26(23,24)19-4-2-3-17(20)15-19/h2-8,15H,9-14H2,1H3. The molecule has 5 nitrogen and oxygen atoms in total. The van der Waals surface area contributed by atoms with Crippen LogP contribution >= 0.6 is 11.6 Å². The molecule has 0 bridgehead atoms. The quantitative estimate of drug-likeness (QED) is 0.755. The molecule has 0 unspecified atom stereocenters. The van der Waals surface area contributed by atoms with Gasteiger partial charge in [-0.25, -0.2) is 8.42 Å². The van der Waals surface area contributed by atoms with E-state index in [0.29, 0.717) is 37.8 Å². The monoisotopic (exact) mass is 394 g/mol. The molecule has 0 spiro atoms. The number of hydrogen-bond donors (Lipinski definition) is 0. The predicted octanol–water partition coefficient (Wildman–Crippen LogP) is 3.03. The molecule has 1 fully saturated rings. The Balaban J connectivity index is 1.48. The normalized spacial score (nSPS) is 16.5. The second-order valence-corrected chi connectivity index (χ2v) is 8.74. The second kappa shape index (κ2) is 8.39. The van der Waals surface area contributed by atoms with E-state index in [2.05, 4.69) is 4.90 Å². The van der Waals surface area contributed by atoms with E-state index < -0.39 is 10.0 Å². The highest BCUT2D eigenvalue weighted by Gasteiger charge is 2.28. The molecule has 0 aromatic heterocycles. The molecule has 7 heteroatoms. The summed E-state index contributed by atoms with van der Waals surface area (Å²) in [4.78, 5) is 2.47. The van der Waals surface area contributed by atoms with Crippen LogP contribution in [0.1, 0.15) is 5.56 Å². The Morgan fingerprint density at radius 1 is 1.04 bits per heavy atom. The van der Waals surface area contributed by atoms with Gasteiger partial charge < -0.3 is 4.74 Å². The maximum Gasteiger partial charge on any atom is 0.243 e. The van der Waals surface area contributed by atoms with E-state index >= 15 is 0 Å². The molecular formula is C19H23ClN2O3S. The first-order valence-electron chi connectivity index (χ1n) is 8.63. The average molecular weight is 395 g/mol. The van der Waals surface area contributed by atoms with Crippen molar-refractivity contribution in [3.05, 3.63) is 59.1 Å². The number of nitrogens with zero attached hydrogens (tertiary/aromatic N) is 2. The lowest BCUT2D eigenvalue weighted by Crippen LogP contribution is -2.49. The number of sulfonamides is 1. The molecule has 2 aromatic carbocycles. The molecule has 140 valence electrons. The number of ether oxygens (including phenoxy) is 1. The minimum atomic E-state index is -3.48. The van der Waals surface area contributed by atoms with Crippen molar-refractivity contribution in [1.82, 2.24) is 9.21 Å². The first kappa shape index (κ1) is 19.2. The SMILES string of the molecule is Cc1ccc(OCCN2CCN(S(=O)(=O)c3cccc(Cl)c3)CC2)cc1. The van der Waals surface area contributed by atoms with Gasteiger partial charge in [0.05, 0.1) is 4.90 Å². The zero-order valence-electron chi connectivity index (χ0n) is 14.8. The smallest absolute Gasteiger partial charge is 0.243 e. The Morgan fingerprint density at radius 3 is 2.38 bits per heavy atom. The van der Waals surface area contributed by atoms with Crippen LogP contribution in [-0.2, 0) is 10.0 Å². The highest BCUT2D eigenvalue weighted by molar-refractivity contribution is 7.89. The fourth-order valence-corrected chi connectivity index (χ4v) is 4.62. The molecule has 0 aliphatic carbocycles. The number of rotatable bonds is 6. The van der Waals surface area contributed by atoms with Crippen LogP contribution in [-0.4, -0.2) is 57.0 Å². The zero-order chi connectivity index (χ0) is 18.6. The number of halogens is 1. The third kappa shape index (κ3) is 4.76. The first-order valence-corrected chi connectivity index (χ1v) is 10.4. The zero-order valence-corrected chi connectivity index (χ0v) is 16.3. The summed E-state index contributed by atoms with van der Waals surface area (Å²) in [6.07, 6.45) is 0. The Labute approximate surface area is 160 Å². The molecule has 0 N–H and O–H groups in total. The Kier molecular flexibility index (Phi) is 6.19.